The Bertz CT molecular complexity index is 905. The van der Waals surface area contributed by atoms with Crippen LogP contribution in [0.15, 0.2) is 90.5 Å². The van der Waals surface area contributed by atoms with Gasteiger partial charge in [-0.1, -0.05) is 84.9 Å². The molecule has 0 spiro atoms. The molecule has 0 heterocycles. The summed E-state index contributed by atoms with van der Waals surface area (Å²) in [7, 11) is 0. The number of rotatable bonds is 5. The summed E-state index contributed by atoms with van der Waals surface area (Å²) in [5, 5.41) is 0. The molecule has 0 radical (unpaired) electrons. The molecule has 0 fully saturated rings. The van der Waals surface area contributed by atoms with Crippen molar-refractivity contribution in [3.8, 4) is 11.1 Å². The first-order valence-electron chi connectivity index (χ1n) is 8.13. The average Bonchev–Trinajstić information content (AvgIpc) is 2.67. The van der Waals surface area contributed by atoms with Crippen LogP contribution in [0.4, 0.5) is 0 Å². The standard InChI is InChI=1S/C23H18O2/c1-17(24)22(23(25)21-10-6-3-7-11-21)16-18-12-14-20(15-13-18)19-8-4-2-5-9-19/h2-16H,1H3/b22-16-. The van der Waals surface area contributed by atoms with E-state index in [0.29, 0.717) is 5.56 Å². The van der Waals surface area contributed by atoms with E-state index >= 15 is 0 Å². The molecular weight excluding hydrogens is 308 g/mol. The summed E-state index contributed by atoms with van der Waals surface area (Å²) in [5.74, 6) is -0.485. The Balaban J connectivity index is 1.91. The van der Waals surface area contributed by atoms with Gasteiger partial charge < -0.3 is 0 Å². The van der Waals surface area contributed by atoms with E-state index in [4.69, 9.17) is 0 Å². The number of hydrogen-bond donors (Lipinski definition) is 0. The van der Waals surface area contributed by atoms with Crippen molar-refractivity contribution in [2.45, 2.75) is 6.92 Å². The van der Waals surface area contributed by atoms with Crippen LogP contribution in [0, 0.1) is 0 Å². The maximum absolute atomic E-state index is 12.6. The maximum Gasteiger partial charge on any atom is 0.196 e. The first kappa shape index (κ1) is 16.6. The summed E-state index contributed by atoms with van der Waals surface area (Å²) < 4.78 is 0. The maximum atomic E-state index is 12.6. The highest BCUT2D eigenvalue weighted by molar-refractivity contribution is 6.28. The van der Waals surface area contributed by atoms with E-state index in [1.807, 2.05) is 60.7 Å². The summed E-state index contributed by atoms with van der Waals surface area (Å²) in [6.45, 7) is 1.42. The number of carbonyl (C=O) groups is 2. The number of carbonyl (C=O) groups excluding carboxylic acids is 2. The van der Waals surface area contributed by atoms with E-state index < -0.39 is 0 Å². The van der Waals surface area contributed by atoms with Gasteiger partial charge in [-0.2, -0.15) is 0 Å². The van der Waals surface area contributed by atoms with Gasteiger partial charge in [-0.25, -0.2) is 0 Å². The van der Waals surface area contributed by atoms with Crippen LogP contribution < -0.4 is 0 Å². The smallest absolute Gasteiger partial charge is 0.196 e. The Morgan fingerprint density at radius 2 is 1.20 bits per heavy atom. The summed E-state index contributed by atoms with van der Waals surface area (Å²) in [4.78, 5) is 24.6. The van der Waals surface area contributed by atoms with Crippen LogP contribution in [0.5, 0.6) is 0 Å². The van der Waals surface area contributed by atoms with Gasteiger partial charge in [-0.15, -0.1) is 0 Å². The predicted octanol–water partition coefficient (Wildman–Crippen LogP) is 5.21. The molecule has 0 aliphatic carbocycles. The molecule has 25 heavy (non-hydrogen) atoms. The van der Waals surface area contributed by atoms with Crippen molar-refractivity contribution in [3.63, 3.8) is 0 Å². The van der Waals surface area contributed by atoms with Gasteiger partial charge in [0.05, 0.1) is 5.57 Å². The SMILES string of the molecule is CC(=O)/C(=C/c1ccc(-c2ccccc2)cc1)C(=O)c1ccccc1. The largest absolute Gasteiger partial charge is 0.294 e. The molecule has 0 aliphatic rings. The number of benzene rings is 3. The topological polar surface area (TPSA) is 34.1 Å². The molecule has 122 valence electrons. The number of hydrogen-bond acceptors (Lipinski definition) is 2. The molecule has 0 aromatic heterocycles. The fourth-order valence-electron chi connectivity index (χ4n) is 2.64. The van der Waals surface area contributed by atoms with Crippen LogP contribution in [0.2, 0.25) is 0 Å². The molecule has 0 amide bonds. The van der Waals surface area contributed by atoms with E-state index in [9.17, 15) is 9.59 Å². The number of ketones is 2. The Kier molecular flexibility index (Phi) is 5.00. The molecule has 3 rings (SSSR count). The molecule has 0 bridgehead atoms. The van der Waals surface area contributed by atoms with Crippen molar-refractivity contribution >= 4 is 17.6 Å². The predicted molar refractivity (Wildman–Crippen MR) is 101 cm³/mol. The van der Waals surface area contributed by atoms with Crippen LogP contribution in [-0.2, 0) is 4.79 Å². The summed E-state index contributed by atoms with van der Waals surface area (Å²) in [6.07, 6.45) is 1.66. The summed E-state index contributed by atoms with van der Waals surface area (Å²) >= 11 is 0. The molecule has 2 nitrogen and oxygen atoms in total. The first-order valence-corrected chi connectivity index (χ1v) is 8.13. The molecule has 3 aromatic carbocycles. The molecular formula is C23H18O2. The third-order valence-corrected chi connectivity index (χ3v) is 3.99. The lowest BCUT2D eigenvalue weighted by molar-refractivity contribution is -0.113. The second kappa shape index (κ2) is 7.54. The third kappa shape index (κ3) is 3.99. The minimum Gasteiger partial charge on any atom is -0.294 e. The lowest BCUT2D eigenvalue weighted by Crippen LogP contribution is -2.10. The molecule has 0 saturated heterocycles. The van der Waals surface area contributed by atoms with Crippen LogP contribution in [0.1, 0.15) is 22.8 Å². The quantitative estimate of drug-likeness (QED) is 0.279. The lowest BCUT2D eigenvalue weighted by atomic mass is 9.97. The fraction of sp³-hybridized carbons (Fsp3) is 0.0435. The van der Waals surface area contributed by atoms with Gasteiger partial charge in [0.15, 0.2) is 11.6 Å². The number of allylic oxidation sites excluding steroid dienone is 1. The van der Waals surface area contributed by atoms with E-state index in [-0.39, 0.29) is 17.1 Å². The zero-order valence-electron chi connectivity index (χ0n) is 14.0. The monoisotopic (exact) mass is 326 g/mol. The normalized spacial score (nSPS) is 11.2. The number of Topliss-reactive ketones (excluding diaryl/α,β-unsaturated/α-hetero) is 2. The van der Waals surface area contributed by atoms with Crippen molar-refractivity contribution in [1.29, 1.82) is 0 Å². The minimum absolute atomic E-state index is 0.193. The van der Waals surface area contributed by atoms with Gasteiger partial charge in [-0.05, 0) is 29.7 Å². The van der Waals surface area contributed by atoms with Crippen LogP contribution in [-0.4, -0.2) is 11.6 Å². The summed E-state index contributed by atoms with van der Waals surface area (Å²) in [5.41, 5.74) is 3.76. The van der Waals surface area contributed by atoms with Gasteiger partial charge in [0, 0.05) is 5.56 Å². The summed E-state index contributed by atoms with van der Waals surface area (Å²) in [6, 6.07) is 26.8. The molecule has 0 N–H and O–H groups in total. The highest BCUT2D eigenvalue weighted by atomic mass is 16.1. The van der Waals surface area contributed by atoms with Crippen molar-refractivity contribution in [2.75, 3.05) is 0 Å². The van der Waals surface area contributed by atoms with Gasteiger partial charge >= 0.3 is 0 Å². The third-order valence-electron chi connectivity index (χ3n) is 3.99. The van der Waals surface area contributed by atoms with E-state index in [1.165, 1.54) is 6.92 Å². The Morgan fingerprint density at radius 1 is 0.680 bits per heavy atom. The first-order chi connectivity index (χ1) is 12.1. The highest BCUT2D eigenvalue weighted by Gasteiger charge is 2.16. The van der Waals surface area contributed by atoms with Gasteiger partial charge in [-0.3, -0.25) is 9.59 Å². The van der Waals surface area contributed by atoms with Crippen molar-refractivity contribution in [2.24, 2.45) is 0 Å². The molecule has 3 aromatic rings. The second-order valence-corrected chi connectivity index (χ2v) is 5.80. The van der Waals surface area contributed by atoms with Crippen LogP contribution in [0.3, 0.4) is 0 Å². The zero-order valence-corrected chi connectivity index (χ0v) is 14.0. The highest BCUT2D eigenvalue weighted by Crippen LogP contribution is 2.21. The molecule has 0 saturated carbocycles. The Labute approximate surface area is 147 Å². The fourth-order valence-corrected chi connectivity index (χ4v) is 2.64. The Hall–Kier alpha value is -3.26. The average molecular weight is 326 g/mol. The molecule has 0 unspecified atom stereocenters. The Morgan fingerprint density at radius 3 is 1.76 bits per heavy atom. The van der Waals surface area contributed by atoms with Crippen LogP contribution in [0.25, 0.3) is 17.2 Å². The van der Waals surface area contributed by atoms with Crippen molar-refractivity contribution in [1.82, 2.24) is 0 Å². The van der Waals surface area contributed by atoms with Crippen molar-refractivity contribution in [3.05, 3.63) is 102 Å². The molecule has 0 atom stereocenters. The molecule has 2 heteroatoms. The second-order valence-electron chi connectivity index (χ2n) is 5.80. The van der Waals surface area contributed by atoms with Crippen molar-refractivity contribution < 1.29 is 9.59 Å². The molecule has 0 aliphatic heterocycles. The van der Waals surface area contributed by atoms with Gasteiger partial charge in [0.1, 0.15) is 0 Å². The lowest BCUT2D eigenvalue weighted by Gasteiger charge is -2.05. The van der Waals surface area contributed by atoms with E-state index in [2.05, 4.69) is 0 Å². The van der Waals surface area contributed by atoms with Crippen LogP contribution >= 0.6 is 0 Å². The van der Waals surface area contributed by atoms with E-state index in [0.717, 1.165) is 16.7 Å². The van der Waals surface area contributed by atoms with Gasteiger partial charge in [0.2, 0.25) is 0 Å². The zero-order chi connectivity index (χ0) is 17.6. The van der Waals surface area contributed by atoms with Gasteiger partial charge in [0.25, 0.3) is 0 Å². The minimum atomic E-state index is -0.250. The van der Waals surface area contributed by atoms with E-state index in [1.54, 1.807) is 30.3 Å².